The maximum absolute atomic E-state index is 15.1. The number of rotatable bonds is 9. The number of amides is 4. The maximum atomic E-state index is 15.1. The molecule has 2 fully saturated rings. The Labute approximate surface area is 243 Å². The lowest BCUT2D eigenvalue weighted by Crippen LogP contribution is -2.45. The number of hydrogen-bond donors (Lipinski definition) is 1. The first-order valence-electron chi connectivity index (χ1n) is 11.7. The third kappa shape index (κ3) is 7.26. The highest BCUT2D eigenvalue weighted by Gasteiger charge is 2.38. The van der Waals surface area contributed by atoms with Crippen molar-refractivity contribution in [1.82, 2.24) is 10.2 Å². The number of halogens is 3. The molecule has 4 rings (SSSR count). The maximum Gasteiger partial charge on any atom is 0.414 e. The molecule has 2 saturated heterocycles. The number of nitrogens with one attached hydrogen (secondary N) is 1. The molecule has 1 atom stereocenters. The van der Waals surface area contributed by atoms with Gasteiger partial charge in [-0.25, -0.2) is 9.18 Å². The number of carbonyl (C=O) groups excluding carboxylic acids is 5. The van der Waals surface area contributed by atoms with Crippen LogP contribution in [0.2, 0.25) is 4.34 Å². The topological polar surface area (TPSA) is 135 Å². The fourth-order valence-corrected chi connectivity index (χ4v) is 4.96. The predicted octanol–water partition coefficient (Wildman–Crippen LogP) is 2.08. The molecule has 0 unspecified atom stereocenters. The van der Waals surface area contributed by atoms with Gasteiger partial charge in [0.2, 0.25) is 0 Å². The summed E-state index contributed by atoms with van der Waals surface area (Å²) in [4.78, 5) is 65.8. The molecule has 16 heteroatoms. The smallest absolute Gasteiger partial charge is 0.414 e. The molecule has 0 radical (unpaired) electrons. The van der Waals surface area contributed by atoms with Crippen LogP contribution in [0.3, 0.4) is 0 Å². The number of cyclic esters (lactones) is 1. The van der Waals surface area contributed by atoms with Crippen molar-refractivity contribution in [3.63, 3.8) is 0 Å². The van der Waals surface area contributed by atoms with Crippen molar-refractivity contribution in [1.29, 1.82) is 0 Å². The van der Waals surface area contributed by atoms with Crippen molar-refractivity contribution in [2.75, 3.05) is 62.8 Å². The molecule has 0 saturated carbocycles. The second kappa shape index (κ2) is 13.9. The molecule has 3 heterocycles. The summed E-state index contributed by atoms with van der Waals surface area (Å²) in [6.07, 6.45) is -1.89. The zero-order chi connectivity index (χ0) is 28.1. The van der Waals surface area contributed by atoms with Crippen molar-refractivity contribution in [2.24, 2.45) is 0 Å². The number of ether oxygens (including phenoxy) is 3. The van der Waals surface area contributed by atoms with Gasteiger partial charge in [0, 0.05) is 12.2 Å². The largest absolute Gasteiger partial charge is 0.455 e. The van der Waals surface area contributed by atoms with Gasteiger partial charge in [-0.3, -0.25) is 29.0 Å². The first-order chi connectivity index (χ1) is 18.7. The SMILES string of the molecule is CNCC(=O)OCC(=O)N(C[C@H]1CN(c2ccc(N3CCOCC3=O)cc2F)C(=O)O1)C(=O)c1ccc(Cl)s1.Cl. The summed E-state index contributed by atoms with van der Waals surface area (Å²) in [5.41, 5.74) is 0.223. The van der Waals surface area contributed by atoms with E-state index < -0.39 is 42.4 Å². The van der Waals surface area contributed by atoms with Crippen LogP contribution in [0.4, 0.5) is 20.6 Å². The van der Waals surface area contributed by atoms with E-state index in [0.29, 0.717) is 16.6 Å². The van der Waals surface area contributed by atoms with Gasteiger partial charge in [0.05, 0.1) is 41.1 Å². The predicted molar refractivity (Wildman–Crippen MR) is 145 cm³/mol. The molecule has 1 N–H and O–H groups in total. The average molecular weight is 619 g/mol. The van der Waals surface area contributed by atoms with Crippen LogP contribution in [-0.2, 0) is 28.6 Å². The van der Waals surface area contributed by atoms with Gasteiger partial charge in [-0.05, 0) is 37.4 Å². The molecule has 0 aliphatic carbocycles. The molecule has 2 aromatic rings. The van der Waals surface area contributed by atoms with Gasteiger partial charge >= 0.3 is 12.1 Å². The Bertz CT molecular complexity index is 1300. The lowest BCUT2D eigenvalue weighted by molar-refractivity contribution is -0.150. The van der Waals surface area contributed by atoms with Crippen LogP contribution >= 0.6 is 35.3 Å². The van der Waals surface area contributed by atoms with E-state index in [4.69, 9.17) is 25.8 Å². The van der Waals surface area contributed by atoms with E-state index in [1.165, 1.54) is 36.2 Å². The molecule has 4 amide bonds. The molecule has 40 heavy (non-hydrogen) atoms. The van der Waals surface area contributed by atoms with Gasteiger partial charge in [0.1, 0.15) is 18.5 Å². The van der Waals surface area contributed by atoms with E-state index in [2.05, 4.69) is 5.32 Å². The Morgan fingerprint density at radius 2 is 2.00 bits per heavy atom. The summed E-state index contributed by atoms with van der Waals surface area (Å²) in [7, 11) is 1.53. The lowest BCUT2D eigenvalue weighted by Gasteiger charge is -2.27. The molecular formula is C24H25Cl2FN4O8S. The third-order valence-corrected chi connectivity index (χ3v) is 7.01. The molecule has 12 nitrogen and oxygen atoms in total. The highest BCUT2D eigenvalue weighted by Crippen LogP contribution is 2.30. The molecule has 0 bridgehead atoms. The van der Waals surface area contributed by atoms with E-state index in [0.717, 1.165) is 27.2 Å². The Balaban J connectivity index is 0.00000441. The highest BCUT2D eigenvalue weighted by molar-refractivity contribution is 7.18. The first kappa shape index (κ1) is 31.2. The van der Waals surface area contributed by atoms with Crippen LogP contribution in [0.5, 0.6) is 0 Å². The van der Waals surface area contributed by atoms with E-state index in [9.17, 15) is 24.0 Å². The number of imide groups is 1. The third-order valence-electron chi connectivity index (χ3n) is 5.79. The van der Waals surface area contributed by atoms with E-state index in [-0.39, 0.29) is 61.7 Å². The van der Waals surface area contributed by atoms with Gasteiger partial charge < -0.3 is 24.4 Å². The number of hydrogen-bond acceptors (Lipinski definition) is 10. The lowest BCUT2D eigenvalue weighted by atomic mass is 10.2. The zero-order valence-electron chi connectivity index (χ0n) is 21.1. The standard InChI is InChI=1S/C24H24ClFN4O8S.ClH/c1-27-9-22(33)37-13-21(32)30(23(34)18-4-5-19(25)39-18)11-15-10-29(24(35)38-15)17-3-2-14(8-16(17)26)28-6-7-36-12-20(28)31;/h2-5,8,15,27H,6-7,9-13H2,1H3;1H/t15-;/m1./s1. The fraction of sp³-hybridized carbons (Fsp3) is 0.375. The Hall–Kier alpha value is -3.30. The van der Waals surface area contributed by atoms with Gasteiger partial charge in [0.25, 0.3) is 17.7 Å². The highest BCUT2D eigenvalue weighted by atomic mass is 35.5. The van der Waals surface area contributed by atoms with Crippen LogP contribution in [0.15, 0.2) is 30.3 Å². The number of benzene rings is 1. The van der Waals surface area contributed by atoms with Crippen LogP contribution < -0.4 is 15.1 Å². The minimum atomic E-state index is -1.01. The molecular weight excluding hydrogens is 594 g/mol. The summed E-state index contributed by atoms with van der Waals surface area (Å²) in [5, 5.41) is 2.59. The Kier molecular flexibility index (Phi) is 10.8. The van der Waals surface area contributed by atoms with Crippen LogP contribution in [0.25, 0.3) is 0 Å². The summed E-state index contributed by atoms with van der Waals surface area (Å²) in [6, 6.07) is 6.91. The molecule has 0 spiro atoms. The Morgan fingerprint density at radius 3 is 2.65 bits per heavy atom. The van der Waals surface area contributed by atoms with Crippen molar-refractivity contribution in [2.45, 2.75) is 6.10 Å². The number of carbonyl (C=O) groups is 5. The summed E-state index contributed by atoms with van der Waals surface area (Å²) < 4.78 is 30.7. The van der Waals surface area contributed by atoms with Gasteiger partial charge in [-0.15, -0.1) is 23.7 Å². The van der Waals surface area contributed by atoms with Crippen LogP contribution in [-0.4, -0.2) is 93.8 Å². The van der Waals surface area contributed by atoms with Crippen molar-refractivity contribution >= 4 is 76.5 Å². The fourth-order valence-electron chi connectivity index (χ4n) is 3.97. The molecule has 1 aromatic heterocycles. The zero-order valence-corrected chi connectivity index (χ0v) is 23.5. The second-order valence-electron chi connectivity index (χ2n) is 8.45. The number of morpholine rings is 1. The van der Waals surface area contributed by atoms with E-state index in [1.54, 1.807) is 0 Å². The molecule has 2 aliphatic heterocycles. The summed E-state index contributed by atoms with van der Waals surface area (Å²) >= 11 is 6.88. The second-order valence-corrected chi connectivity index (χ2v) is 10.2. The van der Waals surface area contributed by atoms with Crippen molar-refractivity contribution in [3.05, 3.63) is 45.4 Å². The van der Waals surface area contributed by atoms with Gasteiger partial charge in [-0.2, -0.15) is 0 Å². The number of thiophene rings is 1. The molecule has 2 aliphatic rings. The number of likely N-dealkylation sites (N-methyl/N-ethyl adjacent to an activating group) is 1. The Morgan fingerprint density at radius 1 is 1.23 bits per heavy atom. The minimum absolute atomic E-state index is 0. The normalized spacial score (nSPS) is 16.8. The van der Waals surface area contributed by atoms with Crippen molar-refractivity contribution < 1.29 is 42.6 Å². The van der Waals surface area contributed by atoms with Crippen LogP contribution in [0.1, 0.15) is 9.67 Å². The number of anilines is 2. The quantitative estimate of drug-likeness (QED) is 0.419. The van der Waals surface area contributed by atoms with Gasteiger partial charge in [0.15, 0.2) is 6.61 Å². The molecule has 1 aromatic carbocycles. The van der Waals surface area contributed by atoms with Crippen molar-refractivity contribution in [3.8, 4) is 0 Å². The molecule has 216 valence electrons. The average Bonchev–Trinajstić information content (AvgIpc) is 3.51. The summed E-state index contributed by atoms with van der Waals surface area (Å²) in [6.45, 7) is -0.927. The summed E-state index contributed by atoms with van der Waals surface area (Å²) in [5.74, 6) is -3.34. The number of nitrogens with zero attached hydrogens (tertiary/aromatic N) is 3. The van der Waals surface area contributed by atoms with Gasteiger partial charge in [-0.1, -0.05) is 11.6 Å². The van der Waals surface area contributed by atoms with Crippen LogP contribution in [0, 0.1) is 5.82 Å². The van der Waals surface area contributed by atoms with E-state index >= 15 is 4.39 Å². The first-order valence-corrected chi connectivity index (χ1v) is 12.9. The monoisotopic (exact) mass is 618 g/mol. The van der Waals surface area contributed by atoms with E-state index in [1.807, 2.05) is 0 Å². The minimum Gasteiger partial charge on any atom is -0.455 e. The number of esters is 1.